The van der Waals surface area contributed by atoms with Crippen molar-refractivity contribution in [2.75, 3.05) is 53.6 Å². The van der Waals surface area contributed by atoms with Crippen LogP contribution in [-0.4, -0.2) is 70.5 Å². The predicted molar refractivity (Wildman–Crippen MR) is 116 cm³/mol. The number of hydrogen-bond donors (Lipinski definition) is 2. The van der Waals surface area contributed by atoms with Crippen LogP contribution in [0.25, 0.3) is 0 Å². The van der Waals surface area contributed by atoms with E-state index in [1.165, 1.54) is 18.4 Å². The zero-order chi connectivity index (χ0) is 20.5. The minimum atomic E-state index is 0.396. The van der Waals surface area contributed by atoms with E-state index in [4.69, 9.17) is 14.2 Å². The Balaban J connectivity index is 1.45. The summed E-state index contributed by atoms with van der Waals surface area (Å²) in [6.45, 7) is 8.17. The second-order valence-electron chi connectivity index (χ2n) is 7.86. The lowest BCUT2D eigenvalue weighted by atomic mass is 10.2. The molecule has 29 heavy (non-hydrogen) atoms. The Hall–Kier alpha value is -1.99. The van der Waals surface area contributed by atoms with Crippen molar-refractivity contribution in [2.24, 2.45) is 10.9 Å². The molecule has 3 rings (SSSR count). The maximum atomic E-state index is 5.69. The first-order chi connectivity index (χ1) is 14.2. The zero-order valence-corrected chi connectivity index (χ0v) is 18.1. The summed E-state index contributed by atoms with van der Waals surface area (Å²) in [4.78, 5) is 7.12. The summed E-state index contributed by atoms with van der Waals surface area (Å²) in [5.41, 5.74) is 1.20. The third kappa shape index (κ3) is 7.40. The van der Waals surface area contributed by atoms with Gasteiger partial charge in [-0.15, -0.1) is 0 Å². The average Bonchev–Trinajstić information content (AvgIpc) is 3.46. The van der Waals surface area contributed by atoms with Crippen LogP contribution < -0.4 is 20.1 Å². The van der Waals surface area contributed by atoms with Gasteiger partial charge in [0, 0.05) is 44.9 Å². The molecule has 2 fully saturated rings. The van der Waals surface area contributed by atoms with E-state index in [2.05, 4.69) is 39.6 Å². The Morgan fingerprint density at radius 3 is 2.55 bits per heavy atom. The normalized spacial score (nSPS) is 20.0. The molecule has 1 aromatic carbocycles. The average molecular weight is 405 g/mol. The lowest BCUT2D eigenvalue weighted by Crippen LogP contribution is -2.44. The molecule has 162 valence electrons. The first-order valence-corrected chi connectivity index (χ1v) is 10.8. The first-order valence-electron chi connectivity index (χ1n) is 10.8. The van der Waals surface area contributed by atoms with Gasteiger partial charge in [0.25, 0.3) is 0 Å². The number of rotatable bonds is 11. The van der Waals surface area contributed by atoms with Gasteiger partial charge in [-0.05, 0) is 49.8 Å². The van der Waals surface area contributed by atoms with Crippen LogP contribution in [0.1, 0.15) is 31.7 Å². The highest BCUT2D eigenvalue weighted by Crippen LogP contribution is 2.28. The number of likely N-dealkylation sites (tertiary alicyclic amines) is 1. The van der Waals surface area contributed by atoms with Gasteiger partial charge in [0.15, 0.2) is 5.96 Å². The molecular formula is C22H36N4O3. The Morgan fingerprint density at radius 1 is 1.14 bits per heavy atom. The van der Waals surface area contributed by atoms with Crippen LogP contribution in [0.15, 0.2) is 23.2 Å². The molecule has 2 N–H and O–H groups in total. The number of benzene rings is 1. The van der Waals surface area contributed by atoms with Gasteiger partial charge in [-0.3, -0.25) is 9.89 Å². The summed E-state index contributed by atoms with van der Waals surface area (Å²) in [7, 11) is 3.37. The molecule has 1 unspecified atom stereocenters. The lowest BCUT2D eigenvalue weighted by molar-refractivity contribution is 0.131. The largest absolute Gasteiger partial charge is 0.497 e. The Kier molecular flexibility index (Phi) is 8.43. The summed E-state index contributed by atoms with van der Waals surface area (Å²) in [6, 6.07) is 6.46. The molecule has 7 nitrogen and oxygen atoms in total. The number of aliphatic imine (C=N–C) groups is 1. The van der Waals surface area contributed by atoms with Crippen molar-refractivity contribution in [1.82, 2.24) is 15.5 Å². The molecule has 1 aliphatic heterocycles. The molecular weight excluding hydrogens is 368 g/mol. The van der Waals surface area contributed by atoms with E-state index >= 15 is 0 Å². The Bertz CT molecular complexity index is 641. The van der Waals surface area contributed by atoms with E-state index in [9.17, 15) is 0 Å². The Morgan fingerprint density at radius 2 is 1.90 bits per heavy atom. The first kappa shape index (κ1) is 21.7. The molecule has 0 amide bonds. The van der Waals surface area contributed by atoms with Crippen molar-refractivity contribution >= 4 is 5.96 Å². The molecule has 0 bridgehead atoms. The highest BCUT2D eigenvalue weighted by atomic mass is 16.5. The van der Waals surface area contributed by atoms with Gasteiger partial charge < -0.3 is 24.8 Å². The fraction of sp³-hybridized carbons (Fsp3) is 0.682. The quantitative estimate of drug-likeness (QED) is 0.335. The third-order valence-electron chi connectivity index (χ3n) is 5.33. The summed E-state index contributed by atoms with van der Waals surface area (Å²) < 4.78 is 16.5. The van der Waals surface area contributed by atoms with E-state index in [-0.39, 0.29) is 0 Å². The standard InChI is InChI=1S/C22H36N4O3/c1-4-23-22(24-8-10-29-16-17-5-6-17)25-19-7-9-26(15-19)14-18-11-20(27-2)13-21(12-18)28-3/h11-13,17,19H,4-10,14-16H2,1-3H3,(H2,23,24,25). The van der Waals surface area contributed by atoms with Crippen molar-refractivity contribution in [3.05, 3.63) is 23.8 Å². The number of nitrogens with one attached hydrogen (secondary N) is 2. The highest BCUT2D eigenvalue weighted by molar-refractivity contribution is 5.80. The Labute approximate surface area is 174 Å². The molecule has 0 radical (unpaired) electrons. The second kappa shape index (κ2) is 11.3. The molecule has 1 aliphatic carbocycles. The summed E-state index contributed by atoms with van der Waals surface area (Å²) in [5.74, 6) is 3.36. The van der Waals surface area contributed by atoms with Crippen molar-refractivity contribution < 1.29 is 14.2 Å². The van der Waals surface area contributed by atoms with Crippen LogP contribution in [0, 0.1) is 5.92 Å². The van der Waals surface area contributed by atoms with Crippen molar-refractivity contribution in [1.29, 1.82) is 0 Å². The molecule has 1 atom stereocenters. The van der Waals surface area contributed by atoms with Crippen molar-refractivity contribution in [2.45, 2.75) is 38.8 Å². The van der Waals surface area contributed by atoms with E-state index in [1.807, 2.05) is 6.07 Å². The fourth-order valence-corrected chi connectivity index (χ4v) is 3.58. The molecule has 1 aromatic rings. The number of guanidine groups is 1. The van der Waals surface area contributed by atoms with Gasteiger partial charge in [-0.25, -0.2) is 0 Å². The summed E-state index contributed by atoms with van der Waals surface area (Å²) in [5, 5.41) is 6.93. The SMILES string of the molecule is CCNC(=NCCOCC1CC1)NC1CCN(Cc2cc(OC)cc(OC)c2)C1. The lowest BCUT2D eigenvalue weighted by Gasteiger charge is -2.19. The van der Waals surface area contributed by atoms with Gasteiger partial charge >= 0.3 is 0 Å². The molecule has 2 aliphatic rings. The summed E-state index contributed by atoms with van der Waals surface area (Å²) in [6.07, 6.45) is 3.76. The van der Waals surface area contributed by atoms with Crippen molar-refractivity contribution in [3.63, 3.8) is 0 Å². The van der Waals surface area contributed by atoms with Crippen LogP contribution in [0.2, 0.25) is 0 Å². The van der Waals surface area contributed by atoms with Gasteiger partial charge in [-0.2, -0.15) is 0 Å². The van der Waals surface area contributed by atoms with Crippen LogP contribution >= 0.6 is 0 Å². The third-order valence-corrected chi connectivity index (χ3v) is 5.33. The van der Waals surface area contributed by atoms with Crippen LogP contribution in [0.4, 0.5) is 0 Å². The number of methoxy groups -OCH3 is 2. The predicted octanol–water partition coefficient (Wildman–Crippen LogP) is 2.26. The molecule has 7 heteroatoms. The zero-order valence-electron chi connectivity index (χ0n) is 18.1. The topological polar surface area (TPSA) is 67.4 Å². The highest BCUT2D eigenvalue weighted by Gasteiger charge is 2.24. The number of ether oxygens (including phenoxy) is 3. The minimum absolute atomic E-state index is 0.396. The van der Waals surface area contributed by atoms with Crippen LogP contribution in [0.5, 0.6) is 11.5 Å². The maximum absolute atomic E-state index is 5.69. The monoisotopic (exact) mass is 404 g/mol. The molecule has 0 aromatic heterocycles. The van der Waals surface area contributed by atoms with E-state index < -0.39 is 0 Å². The molecule has 1 heterocycles. The van der Waals surface area contributed by atoms with Gasteiger partial charge in [0.05, 0.1) is 27.4 Å². The van der Waals surface area contributed by atoms with E-state index in [1.54, 1.807) is 14.2 Å². The smallest absolute Gasteiger partial charge is 0.191 e. The maximum Gasteiger partial charge on any atom is 0.191 e. The summed E-state index contributed by atoms with van der Waals surface area (Å²) >= 11 is 0. The fourth-order valence-electron chi connectivity index (χ4n) is 3.58. The number of nitrogens with zero attached hydrogens (tertiary/aromatic N) is 2. The minimum Gasteiger partial charge on any atom is -0.497 e. The molecule has 1 saturated carbocycles. The van der Waals surface area contributed by atoms with Gasteiger partial charge in [-0.1, -0.05) is 0 Å². The number of hydrogen-bond acceptors (Lipinski definition) is 5. The molecule has 0 spiro atoms. The van der Waals surface area contributed by atoms with Crippen LogP contribution in [0.3, 0.4) is 0 Å². The van der Waals surface area contributed by atoms with E-state index in [0.29, 0.717) is 19.2 Å². The van der Waals surface area contributed by atoms with E-state index in [0.717, 1.165) is 62.6 Å². The second-order valence-corrected chi connectivity index (χ2v) is 7.86. The van der Waals surface area contributed by atoms with Gasteiger partial charge in [0.2, 0.25) is 0 Å². The van der Waals surface area contributed by atoms with Crippen LogP contribution in [-0.2, 0) is 11.3 Å². The molecule has 1 saturated heterocycles. The van der Waals surface area contributed by atoms with Crippen molar-refractivity contribution in [3.8, 4) is 11.5 Å². The van der Waals surface area contributed by atoms with Gasteiger partial charge in [0.1, 0.15) is 11.5 Å².